The Morgan fingerprint density at radius 2 is 1.04 bits per heavy atom. The number of halogens is 8. The summed E-state index contributed by atoms with van der Waals surface area (Å²) >= 11 is 0. The van der Waals surface area contributed by atoms with Crippen molar-refractivity contribution in [2.24, 2.45) is 0 Å². The molecule has 2 aromatic carbocycles. The highest BCUT2D eigenvalue weighted by atomic mass is 19.2. The smallest absolute Gasteiger partial charge is 0.507 e. The van der Waals surface area contributed by atoms with E-state index < -0.39 is 76.3 Å². The average molecular weight is 372 g/mol. The maximum Gasteiger partial charge on any atom is 0.707 e. The number of rotatable bonds is 3. The lowest BCUT2D eigenvalue weighted by molar-refractivity contribution is 0.270. The molecule has 0 saturated carbocycles. The molecule has 12 heteroatoms. The lowest BCUT2D eigenvalue weighted by atomic mass is 9.98. The van der Waals surface area contributed by atoms with Crippen molar-refractivity contribution < 1.29 is 49.8 Å². The number of benzene rings is 2. The van der Waals surface area contributed by atoms with Gasteiger partial charge >= 0.3 is 7.32 Å². The summed E-state index contributed by atoms with van der Waals surface area (Å²) < 4.78 is 113. The molecular formula is C13H5BF8O3. The van der Waals surface area contributed by atoms with Crippen LogP contribution in [0.5, 0.6) is 5.75 Å². The zero-order valence-corrected chi connectivity index (χ0v) is 11.9. The topological polar surface area (TPSA) is 49.7 Å². The minimum Gasteiger partial charge on any atom is -0.507 e. The van der Waals surface area contributed by atoms with E-state index in [0.717, 1.165) is 0 Å². The normalized spacial score (nSPS) is 11.0. The quantitative estimate of drug-likeness (QED) is 0.377. The molecule has 0 spiro atoms. The Kier molecular flexibility index (Phi) is 4.96. The van der Waals surface area contributed by atoms with Crippen molar-refractivity contribution in [3.05, 3.63) is 52.1 Å². The summed E-state index contributed by atoms with van der Waals surface area (Å²) in [6.07, 6.45) is 0. The highest BCUT2D eigenvalue weighted by Crippen LogP contribution is 2.40. The third kappa shape index (κ3) is 2.91. The van der Waals surface area contributed by atoms with E-state index in [1.807, 2.05) is 0 Å². The summed E-state index contributed by atoms with van der Waals surface area (Å²) in [5.41, 5.74) is -5.03. The molecule has 25 heavy (non-hydrogen) atoms. The van der Waals surface area contributed by atoms with Gasteiger partial charge in [-0.1, -0.05) is 0 Å². The van der Waals surface area contributed by atoms with E-state index >= 15 is 0 Å². The van der Waals surface area contributed by atoms with Crippen molar-refractivity contribution in [3.63, 3.8) is 0 Å². The molecule has 0 radical (unpaired) electrons. The van der Waals surface area contributed by atoms with Crippen LogP contribution in [0, 0.1) is 53.5 Å². The van der Waals surface area contributed by atoms with Gasteiger partial charge in [0.2, 0.25) is 5.82 Å². The van der Waals surface area contributed by atoms with Gasteiger partial charge in [-0.3, -0.25) is 0 Å². The van der Waals surface area contributed by atoms with Crippen molar-refractivity contribution in [1.82, 2.24) is 0 Å². The fourth-order valence-corrected chi connectivity index (χ4v) is 2.01. The molecule has 0 atom stereocenters. The Hall–Kier alpha value is -2.34. The third-order valence-corrected chi connectivity index (χ3v) is 3.18. The van der Waals surface area contributed by atoms with E-state index in [-0.39, 0.29) is 0 Å². The fourth-order valence-electron chi connectivity index (χ4n) is 2.01. The van der Waals surface area contributed by atoms with E-state index in [4.69, 9.17) is 10.0 Å². The van der Waals surface area contributed by atoms with Crippen LogP contribution in [-0.4, -0.2) is 17.4 Å². The van der Waals surface area contributed by atoms with Gasteiger partial charge < -0.3 is 14.7 Å². The minimum absolute atomic E-state index is 0.598. The predicted molar refractivity (Wildman–Crippen MR) is 67.1 cm³/mol. The summed E-state index contributed by atoms with van der Waals surface area (Å²) in [5.74, 6) is -20.3. The monoisotopic (exact) mass is 372 g/mol. The minimum atomic E-state index is -2.91. The van der Waals surface area contributed by atoms with E-state index in [9.17, 15) is 35.1 Å². The maximum absolute atomic E-state index is 14.2. The largest absolute Gasteiger partial charge is 0.707 e. The molecule has 2 aromatic rings. The molecular weight excluding hydrogens is 367 g/mol. The molecule has 0 fully saturated rings. The molecule has 2 rings (SSSR count). The van der Waals surface area contributed by atoms with Gasteiger partial charge in [0.25, 0.3) is 0 Å². The molecule has 0 aromatic heterocycles. The molecule has 0 amide bonds. The van der Waals surface area contributed by atoms with Gasteiger partial charge in [0.05, 0.1) is 11.1 Å². The summed E-state index contributed by atoms with van der Waals surface area (Å²) in [5, 5.41) is 17.1. The highest BCUT2D eigenvalue weighted by Gasteiger charge is 2.34. The molecule has 0 heterocycles. The first-order valence-corrected chi connectivity index (χ1v) is 6.22. The standard InChI is InChI=1S/C13H5BF8O3/c1-2-5(15)3(7(17)10(20)6(2)16)4-8(18)11(21)12(22)13(9(4)19)25-14(23)24/h23-24H,1H3. The fraction of sp³-hybridized carbons (Fsp3) is 0.0769. The van der Waals surface area contributed by atoms with Gasteiger partial charge in [-0.15, -0.1) is 0 Å². The second-order valence-corrected chi connectivity index (χ2v) is 4.66. The second kappa shape index (κ2) is 6.52. The summed E-state index contributed by atoms with van der Waals surface area (Å²) in [7, 11) is -2.91. The van der Waals surface area contributed by atoms with Crippen LogP contribution in [0.25, 0.3) is 11.1 Å². The first-order valence-electron chi connectivity index (χ1n) is 6.22. The van der Waals surface area contributed by atoms with Crippen molar-refractivity contribution in [2.45, 2.75) is 6.92 Å². The van der Waals surface area contributed by atoms with E-state index in [1.165, 1.54) is 0 Å². The van der Waals surface area contributed by atoms with Crippen molar-refractivity contribution >= 4 is 7.32 Å². The Labute approximate surface area is 134 Å². The van der Waals surface area contributed by atoms with Crippen LogP contribution >= 0.6 is 0 Å². The van der Waals surface area contributed by atoms with Crippen LogP contribution < -0.4 is 4.65 Å². The molecule has 0 aliphatic heterocycles. The second-order valence-electron chi connectivity index (χ2n) is 4.66. The molecule has 0 bridgehead atoms. The molecule has 0 aliphatic carbocycles. The van der Waals surface area contributed by atoms with Crippen LogP contribution in [-0.2, 0) is 0 Å². The molecule has 0 unspecified atom stereocenters. The Balaban J connectivity index is 2.97. The van der Waals surface area contributed by atoms with Crippen molar-refractivity contribution in [2.75, 3.05) is 0 Å². The van der Waals surface area contributed by atoms with Crippen LogP contribution in [0.4, 0.5) is 35.1 Å². The Morgan fingerprint density at radius 3 is 1.52 bits per heavy atom. The van der Waals surface area contributed by atoms with E-state index in [2.05, 4.69) is 4.65 Å². The Bertz CT molecular complexity index is 843. The molecule has 0 aliphatic rings. The molecule has 0 saturated heterocycles. The van der Waals surface area contributed by atoms with Crippen LogP contribution in [0.1, 0.15) is 5.56 Å². The van der Waals surface area contributed by atoms with Crippen molar-refractivity contribution in [3.8, 4) is 16.9 Å². The van der Waals surface area contributed by atoms with Crippen molar-refractivity contribution in [1.29, 1.82) is 0 Å². The van der Waals surface area contributed by atoms with E-state index in [1.54, 1.807) is 0 Å². The maximum atomic E-state index is 14.2. The SMILES string of the molecule is Cc1c(F)c(F)c(F)c(-c2c(F)c(F)c(F)c(OB(O)O)c2F)c1F. The zero-order chi connectivity index (χ0) is 19.2. The molecule has 3 nitrogen and oxygen atoms in total. The molecule has 134 valence electrons. The van der Waals surface area contributed by atoms with Crippen LogP contribution in [0.15, 0.2) is 0 Å². The molecule has 2 N–H and O–H groups in total. The van der Waals surface area contributed by atoms with Crippen LogP contribution in [0.2, 0.25) is 0 Å². The van der Waals surface area contributed by atoms with Gasteiger partial charge in [0.15, 0.2) is 40.7 Å². The summed E-state index contributed by atoms with van der Waals surface area (Å²) in [4.78, 5) is 0. The van der Waals surface area contributed by atoms with Gasteiger partial charge in [-0.05, 0) is 6.92 Å². The predicted octanol–water partition coefficient (Wildman–Crippen LogP) is 3.12. The lowest BCUT2D eigenvalue weighted by Gasteiger charge is -2.15. The zero-order valence-electron chi connectivity index (χ0n) is 11.9. The van der Waals surface area contributed by atoms with Gasteiger partial charge in [-0.2, -0.15) is 4.39 Å². The van der Waals surface area contributed by atoms with Gasteiger partial charge in [0.1, 0.15) is 5.82 Å². The first-order chi connectivity index (χ1) is 11.5. The number of hydrogen-bond acceptors (Lipinski definition) is 3. The lowest BCUT2D eigenvalue weighted by Crippen LogP contribution is -2.23. The summed E-state index contributed by atoms with van der Waals surface area (Å²) in [6, 6.07) is 0. The first kappa shape index (κ1) is 19.0. The average Bonchev–Trinajstić information content (AvgIpc) is 2.56. The third-order valence-electron chi connectivity index (χ3n) is 3.18. The number of hydrogen-bond donors (Lipinski definition) is 2. The Morgan fingerprint density at radius 1 is 0.600 bits per heavy atom. The van der Waals surface area contributed by atoms with Gasteiger partial charge in [0, 0.05) is 5.56 Å². The van der Waals surface area contributed by atoms with Crippen LogP contribution in [0.3, 0.4) is 0 Å². The van der Waals surface area contributed by atoms with E-state index in [0.29, 0.717) is 6.92 Å². The summed E-state index contributed by atoms with van der Waals surface area (Å²) in [6.45, 7) is 0.598. The highest BCUT2D eigenvalue weighted by molar-refractivity contribution is 6.33. The van der Waals surface area contributed by atoms with Gasteiger partial charge in [-0.25, -0.2) is 30.7 Å².